The summed E-state index contributed by atoms with van der Waals surface area (Å²) in [6.07, 6.45) is 4.11. The van der Waals surface area contributed by atoms with Crippen molar-refractivity contribution >= 4 is 16.8 Å². The van der Waals surface area contributed by atoms with Gasteiger partial charge in [0.15, 0.2) is 0 Å². The fraction of sp³-hybridized carbons (Fsp3) is 0.400. The summed E-state index contributed by atoms with van der Waals surface area (Å²) < 4.78 is 56.8. The van der Waals surface area contributed by atoms with Crippen LogP contribution in [0.15, 0.2) is 35.3 Å². The molecule has 6 rings (SSSR count). The van der Waals surface area contributed by atoms with Gasteiger partial charge < -0.3 is 10.3 Å². The molecule has 2 N–H and O–H groups in total. The molecule has 2 heterocycles. The molecule has 3 aromatic rings. The van der Waals surface area contributed by atoms with Crippen LogP contribution in [0.25, 0.3) is 10.9 Å². The van der Waals surface area contributed by atoms with Gasteiger partial charge in [0.05, 0.1) is 34.9 Å². The van der Waals surface area contributed by atoms with E-state index in [9.17, 15) is 22.8 Å². The van der Waals surface area contributed by atoms with E-state index in [0.717, 1.165) is 37.6 Å². The first-order chi connectivity index (χ1) is 16.2. The number of amides is 1. The molecule has 5 nitrogen and oxygen atoms in total. The first-order valence-electron chi connectivity index (χ1n) is 11.3. The summed E-state index contributed by atoms with van der Waals surface area (Å²) >= 11 is 0. The summed E-state index contributed by atoms with van der Waals surface area (Å²) in [5.41, 5.74) is -1.17. The number of H-pyrrole nitrogens is 1. The third kappa shape index (κ3) is 3.97. The Kier molecular flexibility index (Phi) is 5.65. The van der Waals surface area contributed by atoms with Crippen molar-refractivity contribution < 1.29 is 22.4 Å². The number of benzene rings is 1. The van der Waals surface area contributed by atoms with E-state index in [1.165, 1.54) is 13.0 Å². The SMILES string of the molecule is C[C@@H](NC(=O)[C@H](CC1CC2CC1C2)c1c(F)c2cc(F)ccc2[nH]c1=O)c1ncc(F)cc1F. The smallest absolute Gasteiger partial charge is 0.255 e. The van der Waals surface area contributed by atoms with Crippen LogP contribution in [0.1, 0.15) is 55.8 Å². The van der Waals surface area contributed by atoms with E-state index < -0.39 is 46.7 Å². The largest absolute Gasteiger partial charge is 0.347 e. The lowest BCUT2D eigenvalue weighted by Gasteiger charge is -2.27. The zero-order valence-electron chi connectivity index (χ0n) is 18.4. The van der Waals surface area contributed by atoms with Gasteiger partial charge in [0.25, 0.3) is 5.56 Å². The van der Waals surface area contributed by atoms with Crippen molar-refractivity contribution in [3.8, 4) is 0 Å². The lowest BCUT2D eigenvalue weighted by molar-refractivity contribution is -0.123. The van der Waals surface area contributed by atoms with Crippen LogP contribution < -0.4 is 10.9 Å². The lowest BCUT2D eigenvalue weighted by Crippen LogP contribution is -2.36. The Labute approximate surface area is 192 Å². The molecule has 9 heteroatoms. The van der Waals surface area contributed by atoms with Crippen molar-refractivity contribution in [1.82, 2.24) is 15.3 Å². The molecule has 1 unspecified atom stereocenters. The first-order valence-corrected chi connectivity index (χ1v) is 11.3. The predicted octanol–water partition coefficient (Wildman–Crippen LogP) is 4.88. The Bertz CT molecular complexity index is 1340. The molecule has 3 atom stereocenters. The quantitative estimate of drug-likeness (QED) is 0.502. The number of nitrogens with one attached hydrogen (secondary N) is 2. The molecule has 34 heavy (non-hydrogen) atoms. The molecule has 2 bridgehead atoms. The van der Waals surface area contributed by atoms with Crippen molar-refractivity contribution in [1.29, 1.82) is 0 Å². The number of aromatic amines is 1. The Balaban J connectivity index is 1.52. The maximum absolute atomic E-state index is 15.6. The van der Waals surface area contributed by atoms with Gasteiger partial charge in [0, 0.05) is 11.5 Å². The van der Waals surface area contributed by atoms with Gasteiger partial charge in [0.2, 0.25) is 5.91 Å². The van der Waals surface area contributed by atoms with Crippen molar-refractivity contribution in [2.24, 2.45) is 17.8 Å². The minimum Gasteiger partial charge on any atom is -0.347 e. The minimum absolute atomic E-state index is 0.123. The predicted molar refractivity (Wildman–Crippen MR) is 117 cm³/mol. The van der Waals surface area contributed by atoms with Gasteiger partial charge in [-0.25, -0.2) is 17.6 Å². The van der Waals surface area contributed by atoms with E-state index in [4.69, 9.17) is 0 Å². The molecule has 178 valence electrons. The number of nitrogens with zero attached hydrogens (tertiary/aromatic N) is 1. The molecule has 3 aliphatic carbocycles. The number of aromatic nitrogens is 2. The van der Waals surface area contributed by atoms with E-state index in [2.05, 4.69) is 15.3 Å². The average molecular weight is 473 g/mol. The summed E-state index contributed by atoms with van der Waals surface area (Å²) in [5, 5.41) is 2.49. The number of fused-ring (bicyclic) bond motifs is 2. The molecule has 3 fully saturated rings. The van der Waals surface area contributed by atoms with Crippen LogP contribution in [0.3, 0.4) is 0 Å². The zero-order valence-corrected chi connectivity index (χ0v) is 18.4. The van der Waals surface area contributed by atoms with Gasteiger partial charge in [-0.1, -0.05) is 0 Å². The number of hydrogen-bond acceptors (Lipinski definition) is 3. The van der Waals surface area contributed by atoms with E-state index in [-0.39, 0.29) is 34.5 Å². The third-order valence-electron chi connectivity index (χ3n) is 7.33. The van der Waals surface area contributed by atoms with E-state index in [1.807, 2.05) is 0 Å². The number of carbonyl (C=O) groups excluding carboxylic acids is 1. The number of hydrogen-bond donors (Lipinski definition) is 2. The minimum atomic E-state index is -1.16. The van der Waals surface area contributed by atoms with Gasteiger partial charge >= 0.3 is 0 Å². The molecule has 2 aromatic heterocycles. The highest BCUT2D eigenvalue weighted by molar-refractivity contribution is 5.86. The molecule has 0 aliphatic heterocycles. The highest BCUT2D eigenvalue weighted by Crippen LogP contribution is 2.55. The maximum Gasteiger partial charge on any atom is 0.255 e. The second-order valence-electron chi connectivity index (χ2n) is 9.50. The standard InChI is InChI=1S/C25H23F4N3O2/c1-11(23-19(28)9-16(27)10-30-23)31-24(33)18(7-14-6-12-4-13(14)5-12)21-22(29)17-8-15(26)2-3-20(17)32-25(21)34/h2-3,8-14,18H,4-7H2,1H3,(H,31,33)(H,32,34)/t11-,12?,13?,14?,18-/m1/s1. The summed E-state index contributed by atoms with van der Waals surface area (Å²) in [5.74, 6) is -4.05. The monoisotopic (exact) mass is 473 g/mol. The Morgan fingerprint density at radius 1 is 1.15 bits per heavy atom. The third-order valence-corrected chi connectivity index (χ3v) is 7.33. The summed E-state index contributed by atoms with van der Waals surface area (Å²) in [6, 6.07) is 3.07. The van der Waals surface area contributed by atoms with Crippen molar-refractivity contribution in [2.45, 2.75) is 44.6 Å². The summed E-state index contributed by atoms with van der Waals surface area (Å²) in [4.78, 5) is 32.6. The molecule has 0 saturated heterocycles. The number of rotatable bonds is 6. The van der Waals surface area contributed by atoms with Crippen molar-refractivity contribution in [2.75, 3.05) is 0 Å². The number of carbonyl (C=O) groups is 1. The molecule has 3 saturated carbocycles. The second-order valence-corrected chi connectivity index (χ2v) is 9.50. The highest BCUT2D eigenvalue weighted by atomic mass is 19.1. The molecule has 3 aliphatic rings. The van der Waals surface area contributed by atoms with Gasteiger partial charge in [-0.3, -0.25) is 14.6 Å². The maximum atomic E-state index is 15.6. The van der Waals surface area contributed by atoms with E-state index in [1.54, 1.807) is 0 Å². The van der Waals surface area contributed by atoms with Crippen molar-refractivity contribution in [3.63, 3.8) is 0 Å². The van der Waals surface area contributed by atoms with Gasteiger partial charge in [-0.05, 0) is 68.6 Å². The van der Waals surface area contributed by atoms with Crippen LogP contribution in [-0.4, -0.2) is 15.9 Å². The van der Waals surface area contributed by atoms with Gasteiger partial charge in [0.1, 0.15) is 23.3 Å². The lowest BCUT2D eigenvalue weighted by atomic mass is 9.79. The van der Waals surface area contributed by atoms with Gasteiger partial charge in [-0.2, -0.15) is 0 Å². The average Bonchev–Trinajstić information content (AvgIpc) is 3.33. The second kappa shape index (κ2) is 8.52. The fourth-order valence-corrected chi connectivity index (χ4v) is 5.61. The van der Waals surface area contributed by atoms with Crippen LogP contribution in [0.2, 0.25) is 0 Å². The molecule has 0 spiro atoms. The molecule has 1 amide bonds. The Morgan fingerprint density at radius 2 is 1.91 bits per heavy atom. The number of halogens is 4. The van der Waals surface area contributed by atoms with Crippen LogP contribution in [0.5, 0.6) is 0 Å². The molecular formula is C25H23F4N3O2. The molecule has 0 radical (unpaired) electrons. The van der Waals surface area contributed by atoms with Crippen LogP contribution in [0.4, 0.5) is 17.6 Å². The van der Waals surface area contributed by atoms with Gasteiger partial charge in [-0.15, -0.1) is 0 Å². The molecular weight excluding hydrogens is 450 g/mol. The van der Waals surface area contributed by atoms with Crippen LogP contribution >= 0.6 is 0 Å². The van der Waals surface area contributed by atoms with Crippen LogP contribution in [0, 0.1) is 41.0 Å². The van der Waals surface area contributed by atoms with E-state index in [0.29, 0.717) is 17.9 Å². The fourth-order valence-electron chi connectivity index (χ4n) is 5.61. The van der Waals surface area contributed by atoms with Crippen LogP contribution in [-0.2, 0) is 4.79 Å². The Morgan fingerprint density at radius 3 is 2.59 bits per heavy atom. The summed E-state index contributed by atoms with van der Waals surface area (Å²) in [6.45, 7) is 1.47. The first kappa shape index (κ1) is 22.6. The summed E-state index contributed by atoms with van der Waals surface area (Å²) in [7, 11) is 0. The van der Waals surface area contributed by atoms with E-state index >= 15 is 4.39 Å². The highest BCUT2D eigenvalue weighted by Gasteiger charge is 2.46. The van der Waals surface area contributed by atoms with Crippen molar-refractivity contribution in [3.05, 3.63) is 75.3 Å². The zero-order chi connectivity index (χ0) is 24.1. The normalized spacial score (nSPS) is 22.9. The molecule has 1 aromatic carbocycles. The topological polar surface area (TPSA) is 74.8 Å². The number of pyridine rings is 2. The Hall–Kier alpha value is -3.23.